The summed E-state index contributed by atoms with van der Waals surface area (Å²) in [6, 6.07) is 13.8. The van der Waals surface area contributed by atoms with Gasteiger partial charge in [-0.05, 0) is 56.4 Å². The average Bonchev–Trinajstić information content (AvgIpc) is 2.92. The Bertz CT molecular complexity index is 1350. The number of amides is 2. The van der Waals surface area contributed by atoms with Gasteiger partial charge in [0, 0.05) is 36.4 Å². The number of hydrogen-bond acceptors (Lipinski definition) is 5. The minimum absolute atomic E-state index is 0.0235. The molecule has 37 heavy (non-hydrogen) atoms. The van der Waals surface area contributed by atoms with Gasteiger partial charge in [-0.25, -0.2) is 4.98 Å². The van der Waals surface area contributed by atoms with Crippen LogP contribution in [0.25, 0.3) is 10.9 Å². The number of rotatable bonds is 6. The lowest BCUT2D eigenvalue weighted by Crippen LogP contribution is -2.41. The van der Waals surface area contributed by atoms with Crippen molar-refractivity contribution in [1.82, 2.24) is 14.5 Å². The Kier molecular flexibility index (Phi) is 7.65. The molecule has 2 heterocycles. The lowest BCUT2D eigenvalue weighted by Gasteiger charge is -2.30. The SMILES string of the molecule is Cc1ccc(CSc2nc3cc(C(=O)N4CCC(C(N)=O)CC4)ccc3c(=O)n2C2CCCCC2)cc1. The number of piperidine rings is 1. The van der Waals surface area contributed by atoms with E-state index in [4.69, 9.17) is 10.7 Å². The zero-order valence-corrected chi connectivity index (χ0v) is 22.1. The highest BCUT2D eigenvalue weighted by atomic mass is 32.2. The van der Waals surface area contributed by atoms with E-state index < -0.39 is 0 Å². The molecule has 2 N–H and O–H groups in total. The molecule has 2 aromatic carbocycles. The monoisotopic (exact) mass is 518 g/mol. The molecule has 194 valence electrons. The second-order valence-corrected chi connectivity index (χ2v) is 11.3. The predicted molar refractivity (Wildman–Crippen MR) is 147 cm³/mol. The van der Waals surface area contributed by atoms with E-state index in [1.165, 1.54) is 17.5 Å². The van der Waals surface area contributed by atoms with E-state index >= 15 is 0 Å². The number of carbonyl (C=O) groups is 2. The van der Waals surface area contributed by atoms with E-state index in [-0.39, 0.29) is 29.3 Å². The van der Waals surface area contributed by atoms with Gasteiger partial charge in [0.15, 0.2) is 5.16 Å². The number of fused-ring (bicyclic) bond motifs is 1. The number of aryl methyl sites for hydroxylation is 1. The summed E-state index contributed by atoms with van der Waals surface area (Å²) in [6.07, 6.45) is 6.60. The first-order chi connectivity index (χ1) is 17.9. The van der Waals surface area contributed by atoms with Crippen LogP contribution < -0.4 is 11.3 Å². The summed E-state index contributed by atoms with van der Waals surface area (Å²) in [5.41, 5.74) is 8.89. The highest BCUT2D eigenvalue weighted by molar-refractivity contribution is 7.98. The molecule has 0 unspecified atom stereocenters. The third kappa shape index (κ3) is 5.59. The van der Waals surface area contributed by atoms with Crippen molar-refractivity contribution in [1.29, 1.82) is 0 Å². The molecule has 0 bridgehead atoms. The largest absolute Gasteiger partial charge is 0.369 e. The van der Waals surface area contributed by atoms with Crippen LogP contribution in [-0.4, -0.2) is 39.4 Å². The molecule has 0 atom stereocenters. The van der Waals surface area contributed by atoms with Crippen LogP contribution in [0.2, 0.25) is 0 Å². The van der Waals surface area contributed by atoms with Crippen LogP contribution in [-0.2, 0) is 10.5 Å². The second kappa shape index (κ2) is 11.1. The molecular weight excluding hydrogens is 484 g/mol. The van der Waals surface area contributed by atoms with Crippen molar-refractivity contribution in [3.63, 3.8) is 0 Å². The van der Waals surface area contributed by atoms with Gasteiger partial charge >= 0.3 is 0 Å². The smallest absolute Gasteiger partial charge is 0.262 e. The van der Waals surface area contributed by atoms with Crippen LogP contribution in [0.4, 0.5) is 0 Å². The normalized spacial score (nSPS) is 17.3. The fourth-order valence-electron chi connectivity index (χ4n) is 5.46. The first-order valence-corrected chi connectivity index (χ1v) is 14.2. The van der Waals surface area contributed by atoms with E-state index in [1.54, 1.807) is 34.9 Å². The van der Waals surface area contributed by atoms with Crippen molar-refractivity contribution in [2.45, 2.75) is 68.8 Å². The van der Waals surface area contributed by atoms with Gasteiger partial charge < -0.3 is 10.6 Å². The molecule has 0 radical (unpaired) electrons. The lowest BCUT2D eigenvalue weighted by atomic mass is 9.95. The van der Waals surface area contributed by atoms with Gasteiger partial charge in [-0.15, -0.1) is 0 Å². The third-order valence-corrected chi connectivity index (χ3v) is 8.75. The van der Waals surface area contributed by atoms with Crippen molar-refractivity contribution in [3.05, 3.63) is 69.5 Å². The number of aromatic nitrogens is 2. The standard InChI is InChI=1S/C29H34N4O3S/c1-19-7-9-20(10-8-19)18-37-29-31-25-17-22(27(35)32-15-13-21(14-16-32)26(30)34)11-12-24(25)28(36)33(29)23-5-3-2-4-6-23/h7-12,17,21,23H,2-6,13-16,18H2,1H3,(H2,30,34). The summed E-state index contributed by atoms with van der Waals surface area (Å²) < 4.78 is 1.91. The maximum Gasteiger partial charge on any atom is 0.262 e. The van der Waals surface area contributed by atoms with E-state index in [0.717, 1.165) is 36.6 Å². The first kappa shape index (κ1) is 25.5. The van der Waals surface area contributed by atoms with Crippen LogP contribution >= 0.6 is 11.8 Å². The summed E-state index contributed by atoms with van der Waals surface area (Å²) in [5, 5.41) is 1.27. The molecule has 7 nitrogen and oxygen atoms in total. The summed E-state index contributed by atoms with van der Waals surface area (Å²) in [7, 11) is 0. The number of likely N-dealkylation sites (tertiary alicyclic amines) is 1. The Morgan fingerprint density at radius 2 is 1.70 bits per heavy atom. The summed E-state index contributed by atoms with van der Waals surface area (Å²) in [5.74, 6) is 0.149. The Morgan fingerprint density at radius 3 is 2.38 bits per heavy atom. The Hall–Kier alpha value is -3.13. The highest BCUT2D eigenvalue weighted by Gasteiger charge is 2.27. The van der Waals surface area contributed by atoms with Gasteiger partial charge in [0.2, 0.25) is 5.91 Å². The van der Waals surface area contributed by atoms with Crippen LogP contribution in [0.15, 0.2) is 52.4 Å². The quantitative estimate of drug-likeness (QED) is 0.372. The number of nitrogens with zero attached hydrogens (tertiary/aromatic N) is 3. The van der Waals surface area contributed by atoms with Crippen LogP contribution in [0.3, 0.4) is 0 Å². The molecule has 8 heteroatoms. The maximum absolute atomic E-state index is 13.8. The summed E-state index contributed by atoms with van der Waals surface area (Å²) >= 11 is 1.59. The molecule has 2 amide bonds. The molecule has 2 aliphatic rings. The fourth-order valence-corrected chi connectivity index (χ4v) is 6.48. The minimum Gasteiger partial charge on any atom is -0.369 e. The first-order valence-electron chi connectivity index (χ1n) is 13.2. The van der Waals surface area contributed by atoms with Crippen molar-refractivity contribution in [2.75, 3.05) is 13.1 Å². The molecule has 2 fully saturated rings. The zero-order chi connectivity index (χ0) is 25.9. The molecule has 5 rings (SSSR count). The van der Waals surface area contributed by atoms with Crippen LogP contribution in [0.5, 0.6) is 0 Å². The number of thioether (sulfide) groups is 1. The molecular formula is C29H34N4O3S. The van der Waals surface area contributed by atoms with Gasteiger partial charge in [-0.3, -0.25) is 19.0 Å². The van der Waals surface area contributed by atoms with Gasteiger partial charge in [0.25, 0.3) is 11.5 Å². The highest BCUT2D eigenvalue weighted by Crippen LogP contribution is 2.32. The van der Waals surface area contributed by atoms with Crippen molar-refractivity contribution in [2.24, 2.45) is 11.7 Å². The number of nitrogens with two attached hydrogens (primary N) is 1. The molecule has 1 saturated heterocycles. The van der Waals surface area contributed by atoms with Crippen LogP contribution in [0.1, 0.15) is 72.5 Å². The summed E-state index contributed by atoms with van der Waals surface area (Å²) in [6.45, 7) is 3.07. The Labute approximate surface area is 221 Å². The number of primary amides is 1. The Balaban J connectivity index is 1.46. The van der Waals surface area contributed by atoms with E-state index in [2.05, 4.69) is 31.2 Å². The van der Waals surface area contributed by atoms with Crippen molar-refractivity contribution < 1.29 is 9.59 Å². The maximum atomic E-state index is 13.8. The van der Waals surface area contributed by atoms with Gasteiger partial charge in [-0.1, -0.05) is 60.9 Å². The Morgan fingerprint density at radius 1 is 1.00 bits per heavy atom. The molecule has 3 aromatic rings. The number of carbonyl (C=O) groups excluding carboxylic acids is 2. The lowest BCUT2D eigenvalue weighted by molar-refractivity contribution is -0.123. The molecule has 1 aliphatic carbocycles. The topological polar surface area (TPSA) is 98.3 Å². The zero-order valence-electron chi connectivity index (χ0n) is 21.3. The summed E-state index contributed by atoms with van der Waals surface area (Å²) in [4.78, 5) is 45.2. The minimum atomic E-state index is -0.299. The van der Waals surface area contributed by atoms with Gasteiger partial charge in [0.1, 0.15) is 0 Å². The van der Waals surface area contributed by atoms with Crippen molar-refractivity contribution in [3.8, 4) is 0 Å². The molecule has 1 aromatic heterocycles. The van der Waals surface area contributed by atoms with E-state index in [9.17, 15) is 14.4 Å². The van der Waals surface area contributed by atoms with Crippen LogP contribution in [0, 0.1) is 12.8 Å². The fraction of sp³-hybridized carbons (Fsp3) is 0.448. The molecule has 1 aliphatic heterocycles. The van der Waals surface area contributed by atoms with E-state index in [0.29, 0.717) is 42.4 Å². The van der Waals surface area contributed by atoms with Crippen molar-refractivity contribution >= 4 is 34.5 Å². The second-order valence-electron chi connectivity index (χ2n) is 10.3. The molecule has 0 spiro atoms. The average molecular weight is 519 g/mol. The number of benzene rings is 2. The third-order valence-electron chi connectivity index (χ3n) is 7.73. The van der Waals surface area contributed by atoms with Gasteiger partial charge in [-0.2, -0.15) is 0 Å². The number of hydrogen-bond donors (Lipinski definition) is 1. The predicted octanol–water partition coefficient (Wildman–Crippen LogP) is 4.84. The van der Waals surface area contributed by atoms with Gasteiger partial charge in [0.05, 0.1) is 10.9 Å². The molecule has 1 saturated carbocycles. The van der Waals surface area contributed by atoms with E-state index in [1.807, 2.05) is 4.57 Å².